The van der Waals surface area contributed by atoms with E-state index in [0.717, 1.165) is 15.6 Å². The van der Waals surface area contributed by atoms with E-state index in [4.69, 9.17) is 11.6 Å². The normalized spacial score (nSPS) is 16.8. The average Bonchev–Trinajstić information content (AvgIpc) is 2.58. The summed E-state index contributed by atoms with van der Waals surface area (Å²) < 4.78 is 0.919. The molecule has 134 valence electrons. The topological polar surface area (TPSA) is 70.2 Å². The Balaban J connectivity index is 1.96. The van der Waals surface area contributed by atoms with Crippen molar-refractivity contribution in [2.24, 2.45) is 0 Å². The largest absolute Gasteiger partial charge is 0.327 e. The van der Waals surface area contributed by atoms with Crippen molar-refractivity contribution in [1.29, 1.82) is 0 Å². The lowest BCUT2D eigenvalue weighted by atomic mass is 9.95. The summed E-state index contributed by atoms with van der Waals surface area (Å²) in [5, 5.41) is 8.92. The van der Waals surface area contributed by atoms with Gasteiger partial charge in [0.1, 0.15) is 0 Å². The number of carbonyl (C=O) groups excluding carboxylic acids is 2. The van der Waals surface area contributed by atoms with E-state index in [9.17, 15) is 9.59 Å². The van der Waals surface area contributed by atoms with Gasteiger partial charge >= 0.3 is 6.03 Å². The van der Waals surface area contributed by atoms with Crippen LogP contribution >= 0.6 is 27.5 Å². The summed E-state index contributed by atoms with van der Waals surface area (Å²) in [6.07, 6.45) is 0. The first-order valence-electron chi connectivity index (χ1n) is 7.96. The summed E-state index contributed by atoms with van der Waals surface area (Å²) >= 11 is 9.43. The molecule has 3 amide bonds. The minimum Gasteiger partial charge on any atom is -0.327 e. The molecule has 3 N–H and O–H groups in total. The number of hydrogen-bond donors (Lipinski definition) is 3. The molecule has 1 atom stereocenters. The van der Waals surface area contributed by atoms with Gasteiger partial charge < -0.3 is 16.0 Å². The zero-order chi connectivity index (χ0) is 18.8. The van der Waals surface area contributed by atoms with E-state index in [1.54, 1.807) is 19.1 Å². The second kappa shape index (κ2) is 7.51. The number of urea groups is 1. The predicted octanol–water partition coefficient (Wildman–Crippen LogP) is 4.68. The molecule has 0 bridgehead atoms. The monoisotopic (exact) mass is 433 g/mol. The maximum atomic E-state index is 13.0. The highest BCUT2D eigenvalue weighted by atomic mass is 79.9. The fourth-order valence-corrected chi connectivity index (χ4v) is 3.26. The van der Waals surface area contributed by atoms with Crippen LogP contribution in [0.3, 0.4) is 0 Å². The number of carbonyl (C=O) groups is 2. The first-order valence-corrected chi connectivity index (χ1v) is 9.13. The quantitative estimate of drug-likeness (QED) is 0.656. The van der Waals surface area contributed by atoms with Gasteiger partial charge in [-0.3, -0.25) is 4.79 Å². The molecule has 1 aliphatic heterocycles. The molecule has 0 fully saturated rings. The van der Waals surface area contributed by atoms with Crippen LogP contribution in [0.5, 0.6) is 0 Å². The Labute approximate surface area is 164 Å². The van der Waals surface area contributed by atoms with Gasteiger partial charge in [-0.25, -0.2) is 4.79 Å². The Morgan fingerprint density at radius 1 is 1.15 bits per heavy atom. The van der Waals surface area contributed by atoms with Gasteiger partial charge in [-0.1, -0.05) is 45.7 Å². The summed E-state index contributed by atoms with van der Waals surface area (Å²) in [7, 11) is 0. The van der Waals surface area contributed by atoms with Crippen LogP contribution in [0.2, 0.25) is 5.02 Å². The van der Waals surface area contributed by atoms with Gasteiger partial charge in [-0.15, -0.1) is 0 Å². The first-order chi connectivity index (χ1) is 12.3. The van der Waals surface area contributed by atoms with Crippen LogP contribution in [0.25, 0.3) is 0 Å². The molecule has 2 aromatic rings. The zero-order valence-electron chi connectivity index (χ0n) is 14.2. The number of nitrogens with one attached hydrogen (secondary N) is 3. The molecule has 0 aromatic heterocycles. The van der Waals surface area contributed by atoms with Crippen LogP contribution in [0.15, 0.2) is 58.2 Å². The summed E-state index contributed by atoms with van der Waals surface area (Å²) in [6.45, 7) is 3.60. The third kappa shape index (κ3) is 3.92. The van der Waals surface area contributed by atoms with Crippen LogP contribution in [0.1, 0.15) is 24.1 Å². The van der Waals surface area contributed by atoms with E-state index in [-0.39, 0.29) is 11.9 Å². The molecule has 1 heterocycles. The van der Waals surface area contributed by atoms with Crippen LogP contribution in [-0.4, -0.2) is 11.9 Å². The summed E-state index contributed by atoms with van der Waals surface area (Å²) in [5.41, 5.74) is 3.31. The number of halogens is 2. The molecular weight excluding hydrogens is 418 g/mol. The molecule has 0 saturated carbocycles. The van der Waals surface area contributed by atoms with Gasteiger partial charge in [-0.2, -0.15) is 0 Å². The highest BCUT2D eigenvalue weighted by Gasteiger charge is 2.31. The summed E-state index contributed by atoms with van der Waals surface area (Å²) in [5.74, 6) is -0.298. The molecule has 7 heteroatoms. The van der Waals surface area contributed by atoms with E-state index in [0.29, 0.717) is 22.0 Å². The average molecular weight is 435 g/mol. The van der Waals surface area contributed by atoms with Crippen LogP contribution in [0.4, 0.5) is 10.5 Å². The highest BCUT2D eigenvalue weighted by Crippen LogP contribution is 2.29. The van der Waals surface area contributed by atoms with Crippen LogP contribution in [0, 0.1) is 6.92 Å². The number of anilines is 1. The Morgan fingerprint density at radius 2 is 1.85 bits per heavy atom. The molecule has 0 radical (unpaired) electrons. The molecule has 2 aromatic carbocycles. The number of aryl methyl sites for hydroxylation is 1. The lowest BCUT2D eigenvalue weighted by molar-refractivity contribution is -0.113. The molecule has 0 spiro atoms. The molecule has 5 nitrogen and oxygen atoms in total. The molecule has 3 rings (SSSR count). The van der Waals surface area contributed by atoms with Crippen molar-refractivity contribution >= 4 is 45.2 Å². The highest BCUT2D eigenvalue weighted by molar-refractivity contribution is 9.10. The number of rotatable bonds is 3. The fraction of sp³-hybridized carbons (Fsp3) is 0.158. The van der Waals surface area contributed by atoms with Crippen molar-refractivity contribution in [3.05, 3.63) is 74.4 Å². The Bertz CT molecular complexity index is 910. The van der Waals surface area contributed by atoms with Crippen molar-refractivity contribution in [3.63, 3.8) is 0 Å². The van der Waals surface area contributed by atoms with E-state index in [1.165, 1.54) is 0 Å². The van der Waals surface area contributed by atoms with Crippen molar-refractivity contribution in [2.75, 3.05) is 5.32 Å². The van der Waals surface area contributed by atoms with Crippen LogP contribution < -0.4 is 16.0 Å². The predicted molar refractivity (Wildman–Crippen MR) is 106 cm³/mol. The number of hydrogen-bond acceptors (Lipinski definition) is 2. The van der Waals surface area contributed by atoms with Gasteiger partial charge in [0.25, 0.3) is 5.91 Å². The van der Waals surface area contributed by atoms with Crippen LogP contribution in [-0.2, 0) is 4.79 Å². The van der Waals surface area contributed by atoms with Gasteiger partial charge in [0, 0.05) is 20.9 Å². The van der Waals surface area contributed by atoms with E-state index >= 15 is 0 Å². The third-order valence-electron chi connectivity index (χ3n) is 4.16. The molecule has 1 aliphatic rings. The Hall–Kier alpha value is -2.31. The molecule has 0 unspecified atom stereocenters. The first kappa shape index (κ1) is 18.5. The van der Waals surface area contributed by atoms with Crippen molar-refractivity contribution in [1.82, 2.24) is 10.6 Å². The van der Waals surface area contributed by atoms with Crippen molar-refractivity contribution in [3.8, 4) is 0 Å². The minimum atomic E-state index is -0.545. The lowest BCUT2D eigenvalue weighted by Gasteiger charge is -2.29. The Morgan fingerprint density at radius 3 is 2.54 bits per heavy atom. The number of benzene rings is 2. The van der Waals surface area contributed by atoms with E-state index in [2.05, 4.69) is 31.9 Å². The summed E-state index contributed by atoms with van der Waals surface area (Å²) in [4.78, 5) is 24.9. The fourth-order valence-electron chi connectivity index (χ4n) is 2.82. The molecule has 0 aliphatic carbocycles. The van der Waals surface area contributed by atoms with Gasteiger partial charge in [0.2, 0.25) is 0 Å². The van der Waals surface area contributed by atoms with Crippen molar-refractivity contribution < 1.29 is 9.59 Å². The maximum absolute atomic E-state index is 13.0. The van der Waals surface area contributed by atoms with Crippen molar-refractivity contribution in [2.45, 2.75) is 19.9 Å². The molecule has 26 heavy (non-hydrogen) atoms. The van der Waals surface area contributed by atoms with E-state index < -0.39 is 6.04 Å². The van der Waals surface area contributed by atoms with E-state index in [1.807, 2.05) is 37.3 Å². The maximum Gasteiger partial charge on any atom is 0.319 e. The van der Waals surface area contributed by atoms with Gasteiger partial charge in [0.05, 0.1) is 11.6 Å². The summed E-state index contributed by atoms with van der Waals surface area (Å²) in [6, 6.07) is 11.9. The second-order valence-electron chi connectivity index (χ2n) is 6.04. The number of allylic oxidation sites excluding steroid dienone is 1. The molecular formula is C19H17BrClN3O2. The number of amides is 3. The zero-order valence-corrected chi connectivity index (χ0v) is 16.5. The molecule has 0 saturated heterocycles. The standard InChI is InChI=1S/C19H17BrClN3O2/c1-10-3-8-14(21)9-15(10)23-18(25)16-11(2)22-19(26)24-17(16)12-4-6-13(20)7-5-12/h3-9,17H,1-2H3,(H,23,25)(H2,22,24,26)/t17-/m1/s1. The second-order valence-corrected chi connectivity index (χ2v) is 7.39. The smallest absolute Gasteiger partial charge is 0.319 e. The SMILES string of the molecule is CC1=C(C(=O)Nc2cc(Cl)ccc2C)[C@@H](c2ccc(Br)cc2)NC(=O)N1. The minimum absolute atomic E-state index is 0.298. The van der Waals surface area contributed by atoms with Gasteiger partial charge in [-0.05, 0) is 49.2 Å². The van der Waals surface area contributed by atoms with Gasteiger partial charge in [0.15, 0.2) is 0 Å². The lowest BCUT2D eigenvalue weighted by Crippen LogP contribution is -2.46. The Kier molecular flexibility index (Phi) is 5.34. The third-order valence-corrected chi connectivity index (χ3v) is 4.93.